The Morgan fingerprint density at radius 3 is 2.47 bits per heavy atom. The van der Waals surface area contributed by atoms with Gasteiger partial charge in [0.1, 0.15) is 5.82 Å². The zero-order valence-electron chi connectivity index (χ0n) is 19.8. The fourth-order valence-electron chi connectivity index (χ4n) is 4.23. The van der Waals surface area contributed by atoms with Crippen molar-refractivity contribution < 1.29 is 18.9 Å². The van der Waals surface area contributed by atoms with Crippen LogP contribution in [0.15, 0.2) is 12.1 Å². The Bertz CT molecular complexity index is 679. The average Bonchev–Trinajstić information content (AvgIpc) is 3.09. The van der Waals surface area contributed by atoms with Crippen LogP contribution in [0.4, 0.5) is 10.1 Å². The van der Waals surface area contributed by atoms with Crippen molar-refractivity contribution in [1.29, 1.82) is 0 Å². The van der Waals surface area contributed by atoms with Gasteiger partial charge in [-0.25, -0.2) is 4.39 Å². The Balaban J connectivity index is 0.00000106. The average molecular weight is 422 g/mol. The molecular weight excluding hydrogens is 382 g/mol. The van der Waals surface area contributed by atoms with Gasteiger partial charge < -0.3 is 20.3 Å². The summed E-state index contributed by atoms with van der Waals surface area (Å²) in [5, 5.41) is 15.8. The number of carbonyl (C=O) groups is 1. The number of hydrogen-bond donors (Lipinski definition) is 3. The van der Waals surface area contributed by atoms with Crippen molar-refractivity contribution in [1.82, 2.24) is 5.32 Å². The van der Waals surface area contributed by atoms with Gasteiger partial charge >= 0.3 is 7.12 Å². The molecule has 0 radical (unpaired) electrons. The van der Waals surface area contributed by atoms with Gasteiger partial charge in [-0.2, -0.15) is 0 Å². The van der Waals surface area contributed by atoms with Crippen LogP contribution in [0.1, 0.15) is 73.3 Å². The second-order valence-corrected chi connectivity index (χ2v) is 8.05. The number of carbonyl (C=O) groups excluding carboxylic acids is 1. The molecule has 1 amide bonds. The van der Waals surface area contributed by atoms with E-state index in [1.165, 1.54) is 6.07 Å². The van der Waals surface area contributed by atoms with Crippen molar-refractivity contribution in [3.8, 4) is 0 Å². The van der Waals surface area contributed by atoms with Gasteiger partial charge in [0.15, 0.2) is 0 Å². The molecule has 30 heavy (non-hydrogen) atoms. The van der Waals surface area contributed by atoms with Crippen LogP contribution >= 0.6 is 0 Å². The summed E-state index contributed by atoms with van der Waals surface area (Å²) in [6.07, 6.45) is 2.70. The number of nitrogens with one attached hydrogen (secondary N) is 2. The minimum Gasteiger partial charge on any atom is -0.423 e. The molecule has 7 heteroatoms. The van der Waals surface area contributed by atoms with Crippen LogP contribution in [0.3, 0.4) is 0 Å². The normalized spacial score (nSPS) is 21.5. The van der Waals surface area contributed by atoms with E-state index < -0.39 is 12.9 Å². The summed E-state index contributed by atoms with van der Waals surface area (Å²) in [7, 11) is -1.17. The van der Waals surface area contributed by atoms with Crippen LogP contribution in [0.25, 0.3) is 0 Å². The number of hydrogen-bond acceptors (Lipinski definition) is 4. The monoisotopic (exact) mass is 422 g/mol. The highest BCUT2D eigenvalue weighted by atomic mass is 19.1. The molecule has 0 aromatic heterocycles. The number of rotatable bonds is 7. The van der Waals surface area contributed by atoms with E-state index in [1.54, 1.807) is 6.07 Å². The third-order valence-corrected chi connectivity index (χ3v) is 5.81. The maximum absolute atomic E-state index is 14.0. The van der Waals surface area contributed by atoms with E-state index in [0.29, 0.717) is 36.2 Å². The van der Waals surface area contributed by atoms with E-state index in [4.69, 9.17) is 4.65 Å². The molecule has 170 valence electrons. The third-order valence-electron chi connectivity index (χ3n) is 5.81. The number of benzene rings is 1. The summed E-state index contributed by atoms with van der Waals surface area (Å²) in [4.78, 5) is 12.6. The molecule has 1 saturated carbocycles. The summed E-state index contributed by atoms with van der Waals surface area (Å²) in [5.41, 5.74) is 1.37. The Kier molecular flexibility index (Phi) is 10.8. The highest BCUT2D eigenvalue weighted by Crippen LogP contribution is 2.50. The molecule has 0 saturated heterocycles. The van der Waals surface area contributed by atoms with Gasteiger partial charge in [-0.15, -0.1) is 0 Å². The maximum Gasteiger partial charge on any atom is 0.494 e. The summed E-state index contributed by atoms with van der Waals surface area (Å²) >= 11 is 0. The van der Waals surface area contributed by atoms with Crippen LogP contribution in [0, 0.1) is 23.1 Å². The van der Waals surface area contributed by atoms with Crippen molar-refractivity contribution in [3.05, 3.63) is 23.5 Å². The number of fused-ring (bicyclic) bond motifs is 1. The van der Waals surface area contributed by atoms with Crippen molar-refractivity contribution in [2.45, 2.75) is 74.3 Å². The zero-order valence-corrected chi connectivity index (χ0v) is 19.8. The molecule has 3 rings (SSSR count). The molecule has 1 heterocycles. The molecule has 1 aromatic carbocycles. The molecule has 1 aromatic rings. The van der Waals surface area contributed by atoms with Crippen molar-refractivity contribution >= 4 is 24.2 Å². The first kappa shape index (κ1) is 26.4. The summed E-state index contributed by atoms with van der Waals surface area (Å²) in [5.74, 6) is 0.687. The first-order valence-electron chi connectivity index (χ1n) is 11.5. The molecule has 0 unspecified atom stereocenters. The second kappa shape index (κ2) is 12.3. The molecule has 2 aliphatic rings. The number of amides is 1. The topological polar surface area (TPSA) is 70.6 Å². The lowest BCUT2D eigenvalue weighted by Gasteiger charge is -2.48. The Morgan fingerprint density at radius 2 is 1.90 bits per heavy atom. The van der Waals surface area contributed by atoms with Gasteiger partial charge in [0.2, 0.25) is 5.91 Å². The standard InChI is InChI=1S/C19H28BFN2O3.2C2H6/c1-12(2)19(9-13(3)10-19)18(24)23-6-4-5-22-15-7-14-11-26-20(25)17(14)16(21)8-15;2*1-2/h7-8,12-13,22,25H,4-6,9-11H2,1-3H3,(H,23,24);2*1-2H3. The number of halogens is 1. The van der Waals surface area contributed by atoms with E-state index >= 15 is 0 Å². The van der Waals surface area contributed by atoms with Gasteiger partial charge in [0.25, 0.3) is 0 Å². The smallest absolute Gasteiger partial charge is 0.423 e. The Hall–Kier alpha value is -1.60. The minimum atomic E-state index is -1.17. The Labute approximate surface area is 182 Å². The van der Waals surface area contributed by atoms with E-state index in [1.807, 2.05) is 27.7 Å². The lowest BCUT2D eigenvalue weighted by molar-refractivity contribution is -0.143. The number of anilines is 1. The molecule has 0 atom stereocenters. The van der Waals surface area contributed by atoms with Gasteiger partial charge in [0.05, 0.1) is 12.0 Å². The largest absolute Gasteiger partial charge is 0.494 e. The second-order valence-electron chi connectivity index (χ2n) is 8.05. The molecule has 1 fully saturated rings. The summed E-state index contributed by atoms with van der Waals surface area (Å²) in [6.45, 7) is 15.9. The van der Waals surface area contributed by atoms with Crippen LogP contribution < -0.4 is 16.1 Å². The molecule has 0 spiro atoms. The van der Waals surface area contributed by atoms with Crippen LogP contribution in [-0.4, -0.2) is 31.1 Å². The quantitative estimate of drug-likeness (QED) is 0.457. The van der Waals surface area contributed by atoms with E-state index in [9.17, 15) is 14.2 Å². The third kappa shape index (κ3) is 5.98. The van der Waals surface area contributed by atoms with Crippen LogP contribution in [-0.2, 0) is 16.1 Å². The fraction of sp³-hybridized carbons (Fsp3) is 0.696. The molecule has 1 aliphatic carbocycles. The first-order valence-corrected chi connectivity index (χ1v) is 11.5. The SMILES string of the molecule is CC.CC.CC1CC(C(=O)NCCCNc2cc(F)c3c(c2)COB3O)(C(C)C)C1. The van der Waals surface area contributed by atoms with Crippen LogP contribution in [0.5, 0.6) is 0 Å². The lowest BCUT2D eigenvalue weighted by Crippen LogP contribution is -2.52. The van der Waals surface area contributed by atoms with E-state index in [0.717, 1.165) is 19.3 Å². The molecule has 1 aliphatic heterocycles. The van der Waals surface area contributed by atoms with E-state index in [-0.39, 0.29) is 23.4 Å². The first-order chi connectivity index (χ1) is 14.3. The highest BCUT2D eigenvalue weighted by molar-refractivity contribution is 6.61. The van der Waals surface area contributed by atoms with Gasteiger partial charge in [0, 0.05) is 24.2 Å². The predicted molar refractivity (Wildman–Crippen MR) is 123 cm³/mol. The molecular formula is C23H40BFN2O3. The zero-order chi connectivity index (χ0) is 22.9. The minimum absolute atomic E-state index is 0.167. The maximum atomic E-state index is 14.0. The van der Waals surface area contributed by atoms with Gasteiger partial charge in [-0.1, -0.05) is 48.5 Å². The van der Waals surface area contributed by atoms with Crippen molar-refractivity contribution in [2.24, 2.45) is 17.3 Å². The lowest BCUT2D eigenvalue weighted by atomic mass is 9.56. The molecule has 5 nitrogen and oxygen atoms in total. The molecule has 0 bridgehead atoms. The summed E-state index contributed by atoms with van der Waals surface area (Å²) in [6, 6.07) is 3.18. The fourth-order valence-corrected chi connectivity index (χ4v) is 4.23. The van der Waals surface area contributed by atoms with E-state index in [2.05, 4.69) is 31.4 Å². The Morgan fingerprint density at radius 1 is 1.27 bits per heavy atom. The van der Waals surface area contributed by atoms with Crippen molar-refractivity contribution in [2.75, 3.05) is 18.4 Å². The highest BCUT2D eigenvalue weighted by Gasteiger charge is 2.50. The van der Waals surface area contributed by atoms with Gasteiger partial charge in [-0.05, 0) is 48.8 Å². The predicted octanol–water partition coefficient (Wildman–Crippen LogP) is 4.09. The molecule has 3 N–H and O–H groups in total. The summed E-state index contributed by atoms with van der Waals surface area (Å²) < 4.78 is 19.1. The van der Waals surface area contributed by atoms with Crippen molar-refractivity contribution in [3.63, 3.8) is 0 Å². The van der Waals surface area contributed by atoms with Crippen LogP contribution in [0.2, 0.25) is 0 Å². The van der Waals surface area contributed by atoms with Gasteiger partial charge in [-0.3, -0.25) is 4.79 Å².